The first kappa shape index (κ1) is 15.0. The molecule has 10 heteroatoms. The van der Waals surface area contributed by atoms with Gasteiger partial charge in [-0.1, -0.05) is 0 Å². The molecule has 3 aromatic rings. The van der Waals surface area contributed by atoms with Gasteiger partial charge in [-0.3, -0.25) is 9.29 Å². The number of hydrogen-bond acceptors (Lipinski definition) is 5. The number of anilines is 1. The van der Waals surface area contributed by atoms with E-state index in [2.05, 4.69) is 19.7 Å². The monoisotopic (exact) mass is 337 g/mol. The number of halogens is 2. The molecule has 1 aromatic carbocycles. The number of benzene rings is 1. The van der Waals surface area contributed by atoms with Gasteiger partial charge in [0.15, 0.2) is 0 Å². The van der Waals surface area contributed by atoms with Crippen molar-refractivity contribution < 1.29 is 17.2 Å². The maximum atomic E-state index is 13.6. The quantitative estimate of drug-likeness (QED) is 0.783. The molecule has 118 valence electrons. The number of hydrogen-bond donors (Lipinski definition) is 1. The highest BCUT2D eigenvalue weighted by Gasteiger charge is 2.20. The highest BCUT2D eigenvalue weighted by atomic mass is 32.2. The zero-order valence-electron chi connectivity index (χ0n) is 11.4. The Kier molecular flexibility index (Phi) is 3.74. The predicted molar refractivity (Wildman–Crippen MR) is 76.3 cm³/mol. The van der Waals surface area contributed by atoms with Gasteiger partial charge < -0.3 is 0 Å². The fourth-order valence-corrected chi connectivity index (χ4v) is 2.88. The number of rotatable bonds is 4. The fourth-order valence-electron chi connectivity index (χ4n) is 1.82. The molecule has 0 radical (unpaired) electrons. The lowest BCUT2D eigenvalue weighted by atomic mass is 10.3. The van der Waals surface area contributed by atoms with E-state index in [0.717, 1.165) is 18.5 Å². The summed E-state index contributed by atoms with van der Waals surface area (Å²) in [5, 5.41) is 0. The molecule has 0 amide bonds. The average Bonchev–Trinajstić information content (AvgIpc) is 3.00. The average molecular weight is 337 g/mol. The molecule has 2 heterocycles. The summed E-state index contributed by atoms with van der Waals surface area (Å²) < 4.78 is 54.6. The maximum absolute atomic E-state index is 13.6. The number of sulfonamides is 1. The van der Waals surface area contributed by atoms with Gasteiger partial charge in [0.05, 0.1) is 0 Å². The molecule has 0 fully saturated rings. The van der Waals surface area contributed by atoms with Gasteiger partial charge in [-0.15, -0.1) is 0 Å². The largest absolute Gasteiger partial charge is 0.290 e. The Balaban J connectivity index is 1.93. The summed E-state index contributed by atoms with van der Waals surface area (Å²) in [6.45, 7) is 0. The van der Waals surface area contributed by atoms with Crippen LogP contribution in [0.2, 0.25) is 0 Å². The summed E-state index contributed by atoms with van der Waals surface area (Å²) in [6, 6.07) is 3.53. The van der Waals surface area contributed by atoms with Gasteiger partial charge in [-0.2, -0.15) is 0 Å². The predicted octanol–water partition coefficient (Wildman–Crippen LogP) is 1.74. The molecule has 0 saturated heterocycles. The van der Waals surface area contributed by atoms with Crippen LogP contribution in [0, 0.1) is 11.6 Å². The first-order valence-corrected chi connectivity index (χ1v) is 7.72. The minimum absolute atomic E-state index is 0.0626. The zero-order chi connectivity index (χ0) is 16.4. The van der Waals surface area contributed by atoms with Crippen LogP contribution in [0.15, 0.2) is 54.2 Å². The van der Waals surface area contributed by atoms with E-state index >= 15 is 0 Å². The summed E-state index contributed by atoms with van der Waals surface area (Å²) in [7, 11) is -4.25. The van der Waals surface area contributed by atoms with Crippen LogP contribution in [0.25, 0.3) is 5.82 Å². The zero-order valence-corrected chi connectivity index (χ0v) is 12.2. The van der Waals surface area contributed by atoms with Crippen LogP contribution >= 0.6 is 0 Å². The number of aromatic nitrogens is 4. The Morgan fingerprint density at radius 1 is 1.13 bits per heavy atom. The van der Waals surface area contributed by atoms with Crippen LogP contribution < -0.4 is 4.72 Å². The van der Waals surface area contributed by atoms with Gasteiger partial charge in [0.2, 0.25) is 0 Å². The van der Waals surface area contributed by atoms with E-state index in [4.69, 9.17) is 0 Å². The number of nitrogens with zero attached hydrogens (tertiary/aromatic N) is 4. The van der Waals surface area contributed by atoms with E-state index in [1.165, 1.54) is 23.2 Å². The van der Waals surface area contributed by atoms with E-state index < -0.39 is 26.6 Å². The topological polar surface area (TPSA) is 89.8 Å². The molecule has 0 spiro atoms. The second kappa shape index (κ2) is 5.72. The van der Waals surface area contributed by atoms with Crippen molar-refractivity contribution in [3.05, 3.63) is 60.9 Å². The minimum atomic E-state index is -4.25. The summed E-state index contributed by atoms with van der Waals surface area (Å²) in [4.78, 5) is 10.9. The molecule has 0 unspecified atom stereocenters. The second-order valence-corrected chi connectivity index (χ2v) is 6.06. The molecular weight excluding hydrogens is 328 g/mol. The van der Waals surface area contributed by atoms with Gasteiger partial charge in [-0.25, -0.2) is 32.2 Å². The van der Waals surface area contributed by atoms with Gasteiger partial charge in [0.25, 0.3) is 10.0 Å². The fraction of sp³-hybridized carbons (Fsp3) is 0. The molecule has 0 aliphatic heterocycles. The van der Waals surface area contributed by atoms with Crippen molar-refractivity contribution in [2.45, 2.75) is 4.90 Å². The van der Waals surface area contributed by atoms with Gasteiger partial charge in [-0.05, 0) is 12.1 Å². The lowest BCUT2D eigenvalue weighted by molar-refractivity contribution is 0.551. The molecule has 0 bridgehead atoms. The summed E-state index contributed by atoms with van der Waals surface area (Å²) in [5.74, 6) is -1.76. The normalized spacial score (nSPS) is 11.4. The van der Waals surface area contributed by atoms with Crippen molar-refractivity contribution in [2.24, 2.45) is 0 Å². The Labute approximate surface area is 129 Å². The second-order valence-electron chi connectivity index (χ2n) is 4.41. The summed E-state index contributed by atoms with van der Waals surface area (Å²) in [5.41, 5.74) is 0. The third-order valence-corrected chi connectivity index (χ3v) is 4.23. The third-order valence-electron chi connectivity index (χ3n) is 2.84. The van der Waals surface area contributed by atoms with Crippen LogP contribution in [-0.4, -0.2) is 27.9 Å². The van der Waals surface area contributed by atoms with Gasteiger partial charge in [0.1, 0.15) is 40.8 Å². The first-order chi connectivity index (χ1) is 11.0. The maximum Gasteiger partial charge on any atom is 0.265 e. The van der Waals surface area contributed by atoms with Crippen molar-refractivity contribution in [3.63, 3.8) is 0 Å². The number of imidazole rings is 1. The molecular formula is C13H9F2N5O2S. The van der Waals surface area contributed by atoms with E-state index in [0.29, 0.717) is 11.9 Å². The van der Waals surface area contributed by atoms with Crippen LogP contribution in [0.5, 0.6) is 0 Å². The molecule has 0 saturated carbocycles. The Morgan fingerprint density at radius 2 is 1.96 bits per heavy atom. The van der Waals surface area contributed by atoms with E-state index in [9.17, 15) is 17.2 Å². The molecule has 0 aliphatic carbocycles. The van der Waals surface area contributed by atoms with Crippen molar-refractivity contribution in [1.82, 2.24) is 19.5 Å². The molecule has 3 rings (SSSR count). The molecule has 7 nitrogen and oxygen atoms in total. The molecule has 1 N–H and O–H groups in total. The molecule has 0 atom stereocenters. The highest BCUT2D eigenvalue weighted by molar-refractivity contribution is 7.92. The van der Waals surface area contributed by atoms with E-state index in [1.54, 1.807) is 6.20 Å². The Morgan fingerprint density at radius 3 is 2.65 bits per heavy atom. The minimum Gasteiger partial charge on any atom is -0.290 e. The summed E-state index contributed by atoms with van der Waals surface area (Å²) >= 11 is 0. The highest BCUT2D eigenvalue weighted by Crippen LogP contribution is 2.19. The van der Waals surface area contributed by atoms with Crippen LogP contribution in [0.3, 0.4) is 0 Å². The molecule has 0 aliphatic rings. The summed E-state index contributed by atoms with van der Waals surface area (Å²) in [6.07, 6.45) is 5.76. The lowest BCUT2D eigenvalue weighted by Gasteiger charge is -2.09. The van der Waals surface area contributed by atoms with Crippen LogP contribution in [-0.2, 0) is 10.0 Å². The van der Waals surface area contributed by atoms with E-state index in [1.807, 2.05) is 0 Å². The van der Waals surface area contributed by atoms with Gasteiger partial charge >= 0.3 is 0 Å². The van der Waals surface area contributed by atoms with Crippen LogP contribution in [0.4, 0.5) is 14.6 Å². The number of nitrogens with one attached hydrogen (secondary N) is 1. The van der Waals surface area contributed by atoms with Crippen molar-refractivity contribution >= 4 is 15.8 Å². The Hall–Kier alpha value is -2.88. The van der Waals surface area contributed by atoms with Gasteiger partial charge in [0, 0.05) is 24.5 Å². The molecule has 23 heavy (non-hydrogen) atoms. The first-order valence-electron chi connectivity index (χ1n) is 6.24. The lowest BCUT2D eigenvalue weighted by Crippen LogP contribution is -2.16. The SMILES string of the molecule is O=S(=O)(Nc1cc(-n2ccnc2)ncn1)c1ccc(F)cc1F. The Bertz CT molecular complexity index is 945. The van der Waals surface area contributed by atoms with Crippen LogP contribution in [0.1, 0.15) is 0 Å². The van der Waals surface area contributed by atoms with Crippen molar-refractivity contribution in [3.8, 4) is 5.82 Å². The smallest absolute Gasteiger partial charge is 0.265 e. The van der Waals surface area contributed by atoms with Crippen molar-refractivity contribution in [2.75, 3.05) is 4.72 Å². The van der Waals surface area contributed by atoms with Crippen molar-refractivity contribution in [1.29, 1.82) is 0 Å². The molecule has 2 aromatic heterocycles. The van der Waals surface area contributed by atoms with E-state index in [-0.39, 0.29) is 5.82 Å². The standard InChI is InChI=1S/C13H9F2N5O2S/c14-9-1-2-11(10(15)5-9)23(21,22)19-12-6-13(18-7-17-12)20-4-3-16-8-20/h1-8H,(H,17,18,19). The third kappa shape index (κ3) is 3.16.